The molecule has 1 nitrogen and oxygen atoms in total. The van der Waals surface area contributed by atoms with Crippen molar-refractivity contribution in [2.45, 2.75) is 25.7 Å². The van der Waals surface area contributed by atoms with Crippen molar-refractivity contribution in [3.63, 3.8) is 0 Å². The molecule has 1 aliphatic carbocycles. The van der Waals surface area contributed by atoms with Crippen molar-refractivity contribution in [1.82, 2.24) is 0 Å². The maximum absolute atomic E-state index is 5.79. The lowest BCUT2D eigenvalue weighted by atomic mass is 9.71. The molecule has 0 spiro atoms. The molecule has 18 heavy (non-hydrogen) atoms. The van der Waals surface area contributed by atoms with Crippen LogP contribution in [0.25, 0.3) is 0 Å². The predicted octanol–water partition coefficient (Wildman–Crippen LogP) is 4.99. The highest BCUT2D eigenvalue weighted by Crippen LogP contribution is 2.42. The molecule has 0 N–H and O–H groups in total. The second-order valence-corrected chi connectivity index (χ2v) is 5.15. The van der Waals surface area contributed by atoms with Gasteiger partial charge in [-0.25, -0.2) is 0 Å². The fourth-order valence-corrected chi connectivity index (χ4v) is 2.57. The standard InChI is InChI=1S/C17H18O/c1-13-7-12-17(13)14-8-10-16(11-9-14)18-15-5-3-2-4-6-15/h2-6,8-11,13,17H,7,12H2,1H3/t13-,17+/m0/s1. The largest absolute Gasteiger partial charge is 0.457 e. The summed E-state index contributed by atoms with van der Waals surface area (Å²) in [5.41, 5.74) is 1.45. The van der Waals surface area contributed by atoms with E-state index in [4.69, 9.17) is 4.74 Å². The summed E-state index contributed by atoms with van der Waals surface area (Å²) < 4.78 is 5.79. The monoisotopic (exact) mass is 238 g/mol. The molecule has 0 radical (unpaired) electrons. The Morgan fingerprint density at radius 3 is 2.06 bits per heavy atom. The van der Waals surface area contributed by atoms with Gasteiger partial charge in [-0.3, -0.25) is 0 Å². The van der Waals surface area contributed by atoms with Crippen LogP contribution in [0.2, 0.25) is 0 Å². The molecule has 2 atom stereocenters. The molecule has 3 rings (SSSR count). The number of hydrogen-bond acceptors (Lipinski definition) is 1. The molecule has 1 aliphatic rings. The lowest BCUT2D eigenvalue weighted by molar-refractivity contribution is 0.280. The van der Waals surface area contributed by atoms with Crippen molar-refractivity contribution in [3.8, 4) is 11.5 Å². The zero-order valence-electron chi connectivity index (χ0n) is 10.7. The Balaban J connectivity index is 1.71. The fraction of sp³-hybridized carbons (Fsp3) is 0.294. The quantitative estimate of drug-likeness (QED) is 0.731. The lowest BCUT2D eigenvalue weighted by Crippen LogP contribution is -2.20. The zero-order valence-corrected chi connectivity index (χ0v) is 10.7. The van der Waals surface area contributed by atoms with Crippen molar-refractivity contribution in [2.75, 3.05) is 0 Å². The van der Waals surface area contributed by atoms with E-state index in [0.717, 1.165) is 23.3 Å². The highest BCUT2D eigenvalue weighted by molar-refractivity contribution is 5.34. The van der Waals surface area contributed by atoms with E-state index in [1.807, 2.05) is 30.3 Å². The second kappa shape index (κ2) is 4.85. The summed E-state index contributed by atoms with van der Waals surface area (Å²) in [7, 11) is 0. The number of rotatable bonds is 3. The van der Waals surface area contributed by atoms with E-state index in [0.29, 0.717) is 0 Å². The minimum Gasteiger partial charge on any atom is -0.457 e. The SMILES string of the molecule is C[C@H]1CC[C@H]1c1ccc(Oc2ccccc2)cc1. The van der Waals surface area contributed by atoms with Gasteiger partial charge in [0.15, 0.2) is 0 Å². The van der Waals surface area contributed by atoms with Crippen LogP contribution in [-0.2, 0) is 0 Å². The first kappa shape index (κ1) is 11.3. The van der Waals surface area contributed by atoms with Crippen LogP contribution in [0.3, 0.4) is 0 Å². The molecule has 1 fully saturated rings. The number of para-hydroxylation sites is 1. The van der Waals surface area contributed by atoms with E-state index < -0.39 is 0 Å². The summed E-state index contributed by atoms with van der Waals surface area (Å²) >= 11 is 0. The van der Waals surface area contributed by atoms with Crippen LogP contribution in [0.1, 0.15) is 31.2 Å². The van der Waals surface area contributed by atoms with E-state index in [9.17, 15) is 0 Å². The fourth-order valence-electron chi connectivity index (χ4n) is 2.57. The van der Waals surface area contributed by atoms with Gasteiger partial charge in [0, 0.05) is 0 Å². The molecule has 0 saturated heterocycles. The van der Waals surface area contributed by atoms with Crippen LogP contribution >= 0.6 is 0 Å². The van der Waals surface area contributed by atoms with Gasteiger partial charge in [0.2, 0.25) is 0 Å². The average molecular weight is 238 g/mol. The lowest BCUT2D eigenvalue weighted by Gasteiger charge is -2.34. The first-order chi connectivity index (χ1) is 8.83. The van der Waals surface area contributed by atoms with Crippen molar-refractivity contribution < 1.29 is 4.74 Å². The second-order valence-electron chi connectivity index (χ2n) is 5.15. The van der Waals surface area contributed by atoms with Gasteiger partial charge in [-0.05, 0) is 54.5 Å². The van der Waals surface area contributed by atoms with E-state index in [1.54, 1.807) is 0 Å². The number of benzene rings is 2. The van der Waals surface area contributed by atoms with E-state index in [-0.39, 0.29) is 0 Å². The van der Waals surface area contributed by atoms with Gasteiger partial charge in [-0.1, -0.05) is 37.3 Å². The van der Waals surface area contributed by atoms with Crippen LogP contribution in [0.4, 0.5) is 0 Å². The van der Waals surface area contributed by atoms with Crippen molar-refractivity contribution in [2.24, 2.45) is 5.92 Å². The molecule has 0 bridgehead atoms. The Kier molecular flexibility index (Phi) is 3.06. The Hall–Kier alpha value is -1.76. The third-order valence-electron chi connectivity index (χ3n) is 3.91. The summed E-state index contributed by atoms with van der Waals surface area (Å²) in [6.45, 7) is 2.34. The number of hydrogen-bond donors (Lipinski definition) is 0. The summed E-state index contributed by atoms with van der Waals surface area (Å²) in [4.78, 5) is 0. The smallest absolute Gasteiger partial charge is 0.127 e. The van der Waals surface area contributed by atoms with Crippen LogP contribution in [-0.4, -0.2) is 0 Å². The van der Waals surface area contributed by atoms with Gasteiger partial charge in [-0.2, -0.15) is 0 Å². The molecular weight excluding hydrogens is 220 g/mol. The van der Waals surface area contributed by atoms with Gasteiger partial charge in [-0.15, -0.1) is 0 Å². The molecule has 0 amide bonds. The Morgan fingerprint density at radius 2 is 1.50 bits per heavy atom. The maximum Gasteiger partial charge on any atom is 0.127 e. The van der Waals surface area contributed by atoms with Crippen LogP contribution < -0.4 is 4.74 Å². The molecule has 0 aliphatic heterocycles. The van der Waals surface area contributed by atoms with E-state index >= 15 is 0 Å². The Bertz CT molecular complexity index is 501. The Labute approximate surface area is 108 Å². The molecule has 0 heterocycles. The molecule has 0 aromatic heterocycles. The van der Waals surface area contributed by atoms with Crippen molar-refractivity contribution in [1.29, 1.82) is 0 Å². The minimum atomic E-state index is 0.760. The summed E-state index contributed by atoms with van der Waals surface area (Å²) in [5, 5.41) is 0. The number of ether oxygens (including phenoxy) is 1. The molecule has 0 unspecified atom stereocenters. The minimum absolute atomic E-state index is 0.760. The highest BCUT2D eigenvalue weighted by atomic mass is 16.5. The molecule has 1 saturated carbocycles. The highest BCUT2D eigenvalue weighted by Gasteiger charge is 2.27. The molecule has 2 aromatic rings. The molecular formula is C17H18O. The molecule has 2 aromatic carbocycles. The van der Waals surface area contributed by atoms with E-state index in [2.05, 4.69) is 31.2 Å². The van der Waals surface area contributed by atoms with Crippen LogP contribution in [0.5, 0.6) is 11.5 Å². The maximum atomic E-state index is 5.79. The van der Waals surface area contributed by atoms with Gasteiger partial charge < -0.3 is 4.74 Å². The molecule has 92 valence electrons. The van der Waals surface area contributed by atoms with E-state index in [1.165, 1.54) is 18.4 Å². The first-order valence-electron chi connectivity index (χ1n) is 6.66. The normalized spacial score (nSPS) is 22.3. The summed E-state index contributed by atoms with van der Waals surface area (Å²) in [6.07, 6.45) is 2.70. The third kappa shape index (κ3) is 2.26. The average Bonchev–Trinajstić information content (AvgIpc) is 2.40. The first-order valence-corrected chi connectivity index (χ1v) is 6.66. The topological polar surface area (TPSA) is 9.23 Å². The van der Waals surface area contributed by atoms with Crippen molar-refractivity contribution in [3.05, 3.63) is 60.2 Å². The predicted molar refractivity (Wildman–Crippen MR) is 74.1 cm³/mol. The van der Waals surface area contributed by atoms with Crippen molar-refractivity contribution >= 4 is 0 Å². The summed E-state index contributed by atoms with van der Waals surface area (Å²) in [6, 6.07) is 18.5. The molecule has 1 heteroatoms. The van der Waals surface area contributed by atoms with Gasteiger partial charge in [0.05, 0.1) is 0 Å². The Morgan fingerprint density at radius 1 is 0.833 bits per heavy atom. The van der Waals surface area contributed by atoms with Gasteiger partial charge in [0.1, 0.15) is 11.5 Å². The van der Waals surface area contributed by atoms with Gasteiger partial charge >= 0.3 is 0 Å². The van der Waals surface area contributed by atoms with Crippen LogP contribution in [0, 0.1) is 5.92 Å². The summed E-state index contributed by atoms with van der Waals surface area (Å²) in [5.74, 6) is 3.40. The van der Waals surface area contributed by atoms with Gasteiger partial charge in [0.25, 0.3) is 0 Å². The zero-order chi connectivity index (χ0) is 12.4. The van der Waals surface area contributed by atoms with Crippen LogP contribution in [0.15, 0.2) is 54.6 Å². The third-order valence-corrected chi connectivity index (χ3v) is 3.91.